The van der Waals surface area contributed by atoms with Gasteiger partial charge in [0.2, 0.25) is 0 Å². The van der Waals surface area contributed by atoms with Crippen molar-refractivity contribution in [3.8, 4) is 16.9 Å². The van der Waals surface area contributed by atoms with Crippen molar-refractivity contribution in [3.63, 3.8) is 0 Å². The molecular weight excluding hydrogens is 507 g/mol. The lowest BCUT2D eigenvalue weighted by atomic mass is 9.98. The highest BCUT2D eigenvalue weighted by Gasteiger charge is 2.30. The zero-order valence-corrected chi connectivity index (χ0v) is 21.1. The number of rotatable bonds is 10. The third-order valence-corrected chi connectivity index (χ3v) is 5.91. The summed E-state index contributed by atoms with van der Waals surface area (Å²) < 4.78 is 44.8. The van der Waals surface area contributed by atoms with E-state index in [1.165, 1.54) is 12.1 Å². The first-order chi connectivity index (χ1) is 17.4. The maximum atomic E-state index is 12.9. The Morgan fingerprint density at radius 1 is 1.00 bits per heavy atom. The van der Waals surface area contributed by atoms with E-state index in [-0.39, 0.29) is 25.0 Å². The van der Waals surface area contributed by atoms with Gasteiger partial charge in [-0.05, 0) is 65.9 Å². The summed E-state index contributed by atoms with van der Waals surface area (Å²) in [5, 5.41) is 11.6. The maximum absolute atomic E-state index is 12.9. The summed E-state index contributed by atoms with van der Waals surface area (Å²) in [4.78, 5) is 22.8. The van der Waals surface area contributed by atoms with Gasteiger partial charge >= 0.3 is 12.1 Å². The minimum Gasteiger partial charge on any atom is -0.486 e. The van der Waals surface area contributed by atoms with Crippen LogP contribution in [0.1, 0.15) is 54.3 Å². The largest absolute Gasteiger partial charge is 0.486 e. The molecule has 0 aliphatic rings. The van der Waals surface area contributed by atoms with Crippen molar-refractivity contribution in [1.29, 1.82) is 0 Å². The lowest BCUT2D eigenvalue weighted by molar-refractivity contribution is -0.138. The van der Waals surface area contributed by atoms with E-state index in [1.807, 2.05) is 0 Å². The van der Waals surface area contributed by atoms with Crippen LogP contribution in [0.4, 0.5) is 13.2 Å². The summed E-state index contributed by atoms with van der Waals surface area (Å²) in [6.07, 6.45) is -4.22. The van der Waals surface area contributed by atoms with E-state index in [4.69, 9.17) is 21.4 Å². The number of aliphatic carboxylic acids is 1. The second-order valence-electron chi connectivity index (χ2n) is 8.97. The molecule has 0 aliphatic carbocycles. The third-order valence-electron chi connectivity index (χ3n) is 5.60. The second kappa shape index (κ2) is 12.1. The van der Waals surface area contributed by atoms with E-state index in [2.05, 4.69) is 19.2 Å². The Morgan fingerprint density at radius 2 is 1.65 bits per heavy atom. The maximum Gasteiger partial charge on any atom is 0.416 e. The Balaban J connectivity index is 1.75. The van der Waals surface area contributed by atoms with E-state index in [9.17, 15) is 22.8 Å². The molecule has 0 heterocycles. The molecule has 3 aromatic carbocycles. The van der Waals surface area contributed by atoms with Gasteiger partial charge in [0.1, 0.15) is 11.9 Å². The molecule has 37 heavy (non-hydrogen) atoms. The molecule has 0 saturated heterocycles. The fraction of sp³-hybridized carbons (Fsp3) is 0.286. The molecule has 0 bridgehead atoms. The summed E-state index contributed by atoms with van der Waals surface area (Å²) in [6, 6.07) is 16.7. The van der Waals surface area contributed by atoms with Crippen LogP contribution < -0.4 is 10.1 Å². The molecule has 0 fully saturated rings. The molecule has 196 valence electrons. The van der Waals surface area contributed by atoms with Crippen LogP contribution >= 0.6 is 11.6 Å². The number of carboxylic acid groups (broad SMARTS) is 1. The molecule has 1 unspecified atom stereocenters. The summed E-state index contributed by atoms with van der Waals surface area (Å²) in [6.45, 7) is 4.15. The highest BCUT2D eigenvalue weighted by atomic mass is 35.5. The number of halogens is 4. The SMILES string of the molecule is CC(C)CC(Oc1ccc(-c2ccc(C(F)(F)F)cc2)c(Cl)c1)c1ccc(C(=O)NCCC(=O)O)cc1. The van der Waals surface area contributed by atoms with Gasteiger partial charge in [-0.2, -0.15) is 13.2 Å². The molecule has 9 heteroatoms. The van der Waals surface area contributed by atoms with Gasteiger partial charge in [0, 0.05) is 17.7 Å². The van der Waals surface area contributed by atoms with Crippen LogP contribution in [0.2, 0.25) is 5.02 Å². The predicted molar refractivity (Wildman–Crippen MR) is 136 cm³/mol. The smallest absolute Gasteiger partial charge is 0.416 e. The summed E-state index contributed by atoms with van der Waals surface area (Å²) in [5.74, 6) is -0.552. The number of benzene rings is 3. The molecule has 1 amide bonds. The number of hydrogen-bond donors (Lipinski definition) is 2. The number of ether oxygens (including phenoxy) is 1. The lowest BCUT2D eigenvalue weighted by Gasteiger charge is -2.22. The van der Waals surface area contributed by atoms with Gasteiger partial charge < -0.3 is 15.2 Å². The van der Waals surface area contributed by atoms with Crippen molar-refractivity contribution in [2.24, 2.45) is 5.92 Å². The van der Waals surface area contributed by atoms with Crippen LogP contribution in [0.15, 0.2) is 66.7 Å². The Morgan fingerprint density at radius 3 is 2.19 bits per heavy atom. The molecule has 5 nitrogen and oxygen atoms in total. The normalized spacial score (nSPS) is 12.3. The number of carboxylic acids is 1. The molecule has 0 saturated carbocycles. The van der Waals surface area contributed by atoms with Gasteiger partial charge in [-0.15, -0.1) is 0 Å². The monoisotopic (exact) mass is 533 g/mol. The van der Waals surface area contributed by atoms with Crippen LogP contribution in [0.3, 0.4) is 0 Å². The number of nitrogens with one attached hydrogen (secondary N) is 1. The molecule has 0 radical (unpaired) electrons. The van der Waals surface area contributed by atoms with Crippen molar-refractivity contribution in [3.05, 3.63) is 88.4 Å². The molecule has 0 aliphatic heterocycles. The van der Waals surface area contributed by atoms with Crippen LogP contribution in [0.25, 0.3) is 11.1 Å². The van der Waals surface area contributed by atoms with Crippen LogP contribution in [0, 0.1) is 5.92 Å². The van der Waals surface area contributed by atoms with Gasteiger partial charge in [-0.25, -0.2) is 0 Å². The van der Waals surface area contributed by atoms with Crippen molar-refractivity contribution in [2.45, 2.75) is 39.0 Å². The number of carbonyl (C=O) groups excluding carboxylic acids is 1. The molecule has 1 atom stereocenters. The highest BCUT2D eigenvalue weighted by Crippen LogP contribution is 2.36. The lowest BCUT2D eigenvalue weighted by Crippen LogP contribution is -2.26. The molecule has 3 aromatic rings. The third kappa shape index (κ3) is 7.98. The first kappa shape index (κ1) is 28.1. The minimum atomic E-state index is -4.41. The van der Waals surface area contributed by atoms with Crippen molar-refractivity contribution < 1.29 is 32.6 Å². The average Bonchev–Trinajstić information content (AvgIpc) is 2.83. The Bertz CT molecular complexity index is 1230. The second-order valence-corrected chi connectivity index (χ2v) is 9.38. The average molecular weight is 534 g/mol. The van der Waals surface area contributed by atoms with Gasteiger partial charge in [0.15, 0.2) is 0 Å². The number of amides is 1. The molecule has 0 aromatic heterocycles. The van der Waals surface area contributed by atoms with E-state index >= 15 is 0 Å². The first-order valence-corrected chi connectivity index (χ1v) is 12.1. The summed E-state index contributed by atoms with van der Waals surface area (Å²) in [5.41, 5.74) is 1.66. The molecule has 2 N–H and O–H groups in total. The fourth-order valence-corrected chi connectivity index (χ4v) is 4.00. The van der Waals surface area contributed by atoms with Crippen molar-refractivity contribution in [1.82, 2.24) is 5.32 Å². The molecule has 3 rings (SSSR count). The number of hydrogen-bond acceptors (Lipinski definition) is 3. The van der Waals surface area contributed by atoms with E-state index in [0.29, 0.717) is 39.8 Å². The summed E-state index contributed by atoms with van der Waals surface area (Å²) in [7, 11) is 0. The minimum absolute atomic E-state index is 0.0399. The van der Waals surface area contributed by atoms with Crippen molar-refractivity contribution in [2.75, 3.05) is 6.54 Å². The Kier molecular flexibility index (Phi) is 9.21. The Hall–Kier alpha value is -3.52. The van der Waals surface area contributed by atoms with Gasteiger partial charge in [0.25, 0.3) is 5.91 Å². The highest BCUT2D eigenvalue weighted by molar-refractivity contribution is 6.33. The molecular formula is C28H27ClF3NO4. The summed E-state index contributed by atoms with van der Waals surface area (Å²) >= 11 is 6.46. The van der Waals surface area contributed by atoms with E-state index in [0.717, 1.165) is 17.7 Å². The standard InChI is InChI=1S/C28H27ClF3NO4/c1-17(2)15-25(19-3-5-20(6-4-19)27(36)33-14-13-26(34)35)37-22-11-12-23(24(29)16-22)18-7-9-21(10-8-18)28(30,31)32/h3-12,16-17,25H,13-15H2,1-2H3,(H,33,36)(H,34,35). The van der Waals surface area contributed by atoms with Gasteiger partial charge in [-0.1, -0.05) is 49.7 Å². The van der Waals surface area contributed by atoms with E-state index < -0.39 is 17.7 Å². The number of carbonyl (C=O) groups is 2. The first-order valence-electron chi connectivity index (χ1n) is 11.7. The zero-order valence-electron chi connectivity index (χ0n) is 20.3. The zero-order chi connectivity index (χ0) is 27.2. The predicted octanol–water partition coefficient (Wildman–Crippen LogP) is 7.40. The van der Waals surface area contributed by atoms with Crippen LogP contribution in [0.5, 0.6) is 5.75 Å². The van der Waals surface area contributed by atoms with Crippen molar-refractivity contribution >= 4 is 23.5 Å². The topological polar surface area (TPSA) is 75.6 Å². The van der Waals surface area contributed by atoms with Crippen LogP contribution in [-0.4, -0.2) is 23.5 Å². The van der Waals surface area contributed by atoms with E-state index in [1.54, 1.807) is 42.5 Å². The number of alkyl halides is 3. The quantitative estimate of drug-likeness (QED) is 0.285. The Labute approximate surface area is 218 Å². The van der Waals surface area contributed by atoms with Crippen LogP contribution in [-0.2, 0) is 11.0 Å². The van der Waals surface area contributed by atoms with Gasteiger partial charge in [-0.3, -0.25) is 9.59 Å². The van der Waals surface area contributed by atoms with Gasteiger partial charge in [0.05, 0.1) is 17.0 Å². The fourth-order valence-electron chi connectivity index (χ4n) is 3.72. The molecule has 0 spiro atoms.